The molecule has 1 aromatic heterocycles. The van der Waals surface area contributed by atoms with Crippen LogP contribution >= 0.6 is 0 Å². The average Bonchev–Trinajstić information content (AvgIpc) is 2.95. The number of carbonyl (C=O) groups excluding carboxylic acids is 1. The van der Waals surface area contributed by atoms with Crippen molar-refractivity contribution in [2.24, 2.45) is 0 Å². The van der Waals surface area contributed by atoms with Crippen LogP contribution in [0.1, 0.15) is 35.3 Å². The van der Waals surface area contributed by atoms with Gasteiger partial charge in [-0.15, -0.1) is 0 Å². The lowest BCUT2D eigenvalue weighted by atomic mass is 10.0. The van der Waals surface area contributed by atoms with E-state index in [1.165, 1.54) is 12.1 Å². The smallest absolute Gasteiger partial charge is 0.303 e. The third-order valence-corrected chi connectivity index (χ3v) is 6.84. The highest BCUT2D eigenvalue weighted by Gasteiger charge is 2.23. The quantitative estimate of drug-likeness (QED) is 0.327. The van der Waals surface area contributed by atoms with E-state index >= 15 is 0 Å². The molecule has 1 aliphatic heterocycles. The standard InChI is InChI=1S/C30H29FN4O3/c31-23-11-13-24(14-12-23)34-16-18-35(19-17-34)30(38)22-10-15-25-27(20-22)32-26(8-4-5-9-28(36)37)29(33-25)21-6-2-1-3-7-21/h1-3,6-7,10-15,20H,4-5,8-9,16-19H2,(H,36,37). The first-order chi connectivity index (χ1) is 18.5. The number of rotatable bonds is 8. The van der Waals surface area contributed by atoms with E-state index in [9.17, 15) is 14.0 Å². The minimum Gasteiger partial charge on any atom is -0.481 e. The van der Waals surface area contributed by atoms with Gasteiger partial charge < -0.3 is 14.9 Å². The monoisotopic (exact) mass is 512 g/mol. The number of aromatic nitrogens is 2. The molecule has 0 bridgehead atoms. The molecule has 1 saturated heterocycles. The first-order valence-corrected chi connectivity index (χ1v) is 12.9. The normalized spacial score (nSPS) is 13.6. The number of halogens is 1. The summed E-state index contributed by atoms with van der Waals surface area (Å²) in [7, 11) is 0. The van der Waals surface area contributed by atoms with E-state index < -0.39 is 5.97 Å². The summed E-state index contributed by atoms with van der Waals surface area (Å²) in [4.78, 5) is 38.0. The van der Waals surface area contributed by atoms with Crippen LogP contribution in [0.15, 0.2) is 72.8 Å². The van der Waals surface area contributed by atoms with Crippen LogP contribution in [0.25, 0.3) is 22.3 Å². The molecule has 2 heterocycles. The van der Waals surface area contributed by atoms with Crippen LogP contribution in [0.4, 0.5) is 10.1 Å². The first-order valence-electron chi connectivity index (χ1n) is 12.9. The number of hydrogen-bond donors (Lipinski definition) is 1. The Morgan fingerprint density at radius 2 is 1.58 bits per heavy atom. The molecule has 0 atom stereocenters. The highest BCUT2D eigenvalue weighted by Crippen LogP contribution is 2.26. The van der Waals surface area contributed by atoms with E-state index in [0.29, 0.717) is 62.0 Å². The number of carboxylic acids is 1. The molecule has 7 nitrogen and oxygen atoms in total. The summed E-state index contributed by atoms with van der Waals surface area (Å²) in [5.74, 6) is -1.12. The third kappa shape index (κ3) is 5.80. The number of anilines is 1. The van der Waals surface area contributed by atoms with Crippen molar-refractivity contribution < 1.29 is 19.1 Å². The van der Waals surface area contributed by atoms with Crippen LogP contribution in [0, 0.1) is 5.82 Å². The number of amides is 1. The van der Waals surface area contributed by atoms with Gasteiger partial charge in [0.2, 0.25) is 0 Å². The van der Waals surface area contributed by atoms with E-state index in [-0.39, 0.29) is 18.1 Å². The zero-order chi connectivity index (χ0) is 26.5. The zero-order valence-electron chi connectivity index (χ0n) is 21.0. The van der Waals surface area contributed by atoms with Crippen LogP contribution < -0.4 is 4.90 Å². The Bertz CT molecular complexity index is 1440. The van der Waals surface area contributed by atoms with Gasteiger partial charge in [-0.2, -0.15) is 0 Å². The molecular weight excluding hydrogens is 483 g/mol. The largest absolute Gasteiger partial charge is 0.481 e. The summed E-state index contributed by atoms with van der Waals surface area (Å²) in [5, 5.41) is 8.98. The Hall–Kier alpha value is -4.33. The summed E-state index contributed by atoms with van der Waals surface area (Å²) in [6.45, 7) is 2.49. The van der Waals surface area contributed by atoms with Crippen molar-refractivity contribution in [3.63, 3.8) is 0 Å². The summed E-state index contributed by atoms with van der Waals surface area (Å²) < 4.78 is 13.3. The highest BCUT2D eigenvalue weighted by atomic mass is 19.1. The summed E-state index contributed by atoms with van der Waals surface area (Å²) in [5.41, 5.74) is 5.39. The van der Waals surface area contributed by atoms with Crippen molar-refractivity contribution in [2.75, 3.05) is 31.1 Å². The highest BCUT2D eigenvalue weighted by molar-refractivity contribution is 5.97. The molecule has 38 heavy (non-hydrogen) atoms. The van der Waals surface area contributed by atoms with E-state index in [4.69, 9.17) is 15.1 Å². The Kier molecular flexibility index (Phi) is 7.58. The molecule has 4 aromatic rings. The maximum atomic E-state index is 13.3. The second-order valence-electron chi connectivity index (χ2n) is 9.44. The number of piperazine rings is 1. The van der Waals surface area contributed by atoms with E-state index in [2.05, 4.69) is 4.90 Å². The Labute approximate surface area is 220 Å². The molecule has 0 radical (unpaired) electrons. The van der Waals surface area contributed by atoms with Gasteiger partial charge in [0.05, 0.1) is 22.4 Å². The molecule has 194 valence electrons. The SMILES string of the molecule is O=C(O)CCCCc1nc2cc(C(=O)N3CCN(c4ccc(F)cc4)CC3)ccc2nc1-c1ccccc1. The second-order valence-corrected chi connectivity index (χ2v) is 9.44. The van der Waals surface area contributed by atoms with Gasteiger partial charge in [-0.3, -0.25) is 9.59 Å². The third-order valence-electron chi connectivity index (χ3n) is 6.84. The van der Waals surface area contributed by atoms with Gasteiger partial charge >= 0.3 is 5.97 Å². The molecule has 0 spiro atoms. The number of aliphatic carboxylic acids is 1. The summed E-state index contributed by atoms with van der Waals surface area (Å²) >= 11 is 0. The molecule has 1 N–H and O–H groups in total. The van der Waals surface area contributed by atoms with Crippen molar-refractivity contribution >= 4 is 28.6 Å². The predicted octanol–water partition coefficient (Wildman–Crippen LogP) is 5.20. The minimum absolute atomic E-state index is 0.0531. The second kappa shape index (κ2) is 11.4. The number of nitrogens with zero attached hydrogens (tertiary/aromatic N) is 4. The molecule has 1 aliphatic rings. The molecule has 3 aromatic carbocycles. The number of fused-ring (bicyclic) bond motifs is 1. The topological polar surface area (TPSA) is 86.6 Å². The number of carboxylic acid groups (broad SMARTS) is 1. The van der Waals surface area contributed by atoms with E-state index in [1.807, 2.05) is 41.3 Å². The van der Waals surface area contributed by atoms with Crippen molar-refractivity contribution in [1.82, 2.24) is 14.9 Å². The van der Waals surface area contributed by atoms with Gasteiger partial charge in [0.1, 0.15) is 5.82 Å². The van der Waals surface area contributed by atoms with Crippen molar-refractivity contribution in [1.29, 1.82) is 0 Å². The molecular formula is C30H29FN4O3. The maximum absolute atomic E-state index is 13.3. The Balaban J connectivity index is 1.35. The molecule has 1 amide bonds. The number of benzene rings is 3. The molecule has 0 saturated carbocycles. The molecule has 5 rings (SSSR count). The number of hydrogen-bond acceptors (Lipinski definition) is 5. The van der Waals surface area contributed by atoms with Gasteiger partial charge in [0.25, 0.3) is 5.91 Å². The van der Waals surface area contributed by atoms with Gasteiger partial charge in [-0.1, -0.05) is 30.3 Å². The number of aryl methyl sites for hydroxylation is 1. The minimum atomic E-state index is -0.806. The Morgan fingerprint density at radius 3 is 2.29 bits per heavy atom. The summed E-state index contributed by atoms with van der Waals surface area (Å²) in [6.07, 6.45) is 1.97. The van der Waals surface area contributed by atoms with Gasteiger partial charge in [0, 0.05) is 49.4 Å². The van der Waals surface area contributed by atoms with Gasteiger partial charge in [-0.25, -0.2) is 14.4 Å². The fraction of sp³-hybridized carbons (Fsp3) is 0.267. The van der Waals surface area contributed by atoms with Crippen molar-refractivity contribution in [3.05, 3.63) is 89.9 Å². The molecule has 1 fully saturated rings. The van der Waals surface area contributed by atoms with Crippen LogP contribution in [0.5, 0.6) is 0 Å². The van der Waals surface area contributed by atoms with Crippen molar-refractivity contribution in [3.8, 4) is 11.3 Å². The number of unbranched alkanes of at least 4 members (excludes halogenated alkanes) is 1. The molecule has 0 aliphatic carbocycles. The first kappa shape index (κ1) is 25.3. The fourth-order valence-electron chi connectivity index (χ4n) is 4.80. The predicted molar refractivity (Wildman–Crippen MR) is 145 cm³/mol. The number of carbonyl (C=O) groups is 2. The van der Waals surface area contributed by atoms with Gasteiger partial charge in [-0.05, 0) is 61.7 Å². The fourth-order valence-corrected chi connectivity index (χ4v) is 4.80. The van der Waals surface area contributed by atoms with E-state index in [1.54, 1.807) is 24.3 Å². The van der Waals surface area contributed by atoms with Crippen molar-refractivity contribution in [2.45, 2.75) is 25.7 Å². The van der Waals surface area contributed by atoms with Crippen LogP contribution in [-0.2, 0) is 11.2 Å². The maximum Gasteiger partial charge on any atom is 0.303 e. The lowest BCUT2D eigenvalue weighted by Gasteiger charge is -2.36. The van der Waals surface area contributed by atoms with Gasteiger partial charge in [0.15, 0.2) is 0 Å². The Morgan fingerprint density at radius 1 is 0.842 bits per heavy atom. The van der Waals surface area contributed by atoms with E-state index in [0.717, 1.165) is 22.6 Å². The van der Waals surface area contributed by atoms with Crippen LogP contribution in [0.2, 0.25) is 0 Å². The van der Waals surface area contributed by atoms with Crippen LogP contribution in [0.3, 0.4) is 0 Å². The molecule has 0 unspecified atom stereocenters. The molecule has 8 heteroatoms. The lowest BCUT2D eigenvalue weighted by Crippen LogP contribution is -2.48. The summed E-state index contributed by atoms with van der Waals surface area (Å²) in [6, 6.07) is 21.7. The van der Waals surface area contributed by atoms with Crippen LogP contribution in [-0.4, -0.2) is 58.0 Å². The lowest BCUT2D eigenvalue weighted by molar-refractivity contribution is -0.137. The zero-order valence-corrected chi connectivity index (χ0v) is 21.0. The average molecular weight is 513 g/mol.